The van der Waals surface area contributed by atoms with Crippen LogP contribution in [0, 0.1) is 5.92 Å². The molecule has 1 aliphatic rings. The van der Waals surface area contributed by atoms with Crippen molar-refractivity contribution in [3.63, 3.8) is 0 Å². The summed E-state index contributed by atoms with van der Waals surface area (Å²) in [4.78, 5) is 12.7. The third-order valence-corrected chi connectivity index (χ3v) is 7.19. The van der Waals surface area contributed by atoms with E-state index in [-0.39, 0.29) is 22.6 Å². The number of nitrogens with one attached hydrogen (secondary N) is 1. The maximum atomic E-state index is 12.7. The smallest absolute Gasteiger partial charge is 0.243 e. The number of benzene rings is 1. The summed E-state index contributed by atoms with van der Waals surface area (Å²) in [6.45, 7) is 4.31. The molecule has 0 radical (unpaired) electrons. The van der Waals surface area contributed by atoms with Crippen LogP contribution in [0.2, 0.25) is 5.02 Å². The second-order valence-electron chi connectivity index (χ2n) is 6.62. The van der Waals surface area contributed by atoms with Crippen molar-refractivity contribution in [1.29, 1.82) is 0 Å². The lowest BCUT2D eigenvalue weighted by Gasteiger charge is -2.19. The zero-order chi connectivity index (χ0) is 19.8. The van der Waals surface area contributed by atoms with Crippen LogP contribution in [0.1, 0.15) is 31.7 Å². The van der Waals surface area contributed by atoms with E-state index in [1.807, 2.05) is 13.2 Å². The molecule has 0 spiro atoms. The molecule has 0 aliphatic heterocycles. The summed E-state index contributed by atoms with van der Waals surface area (Å²) in [6, 6.07) is 4.38. The van der Waals surface area contributed by atoms with Crippen LogP contribution in [0.4, 0.5) is 5.69 Å². The number of aromatic nitrogens is 2. The van der Waals surface area contributed by atoms with Crippen molar-refractivity contribution in [3.05, 3.63) is 41.2 Å². The van der Waals surface area contributed by atoms with Crippen molar-refractivity contribution >= 4 is 33.2 Å². The van der Waals surface area contributed by atoms with Gasteiger partial charge in [-0.3, -0.25) is 9.48 Å². The average molecular weight is 411 g/mol. The highest BCUT2D eigenvalue weighted by atomic mass is 35.5. The molecule has 2 atom stereocenters. The molecule has 1 aromatic heterocycles. The summed E-state index contributed by atoms with van der Waals surface area (Å²) in [6.07, 6.45) is 4.41. The molecule has 1 saturated carbocycles. The molecule has 1 aliphatic carbocycles. The highest BCUT2D eigenvalue weighted by Crippen LogP contribution is 2.48. The maximum absolute atomic E-state index is 12.7. The summed E-state index contributed by atoms with van der Waals surface area (Å²) in [5, 5.41) is 7.22. The molecule has 7 nitrogen and oxygen atoms in total. The molecule has 2 unspecified atom stereocenters. The normalized spacial score (nSPS) is 19.3. The fourth-order valence-electron chi connectivity index (χ4n) is 3.18. The van der Waals surface area contributed by atoms with Gasteiger partial charge in [0.25, 0.3) is 0 Å². The van der Waals surface area contributed by atoms with Crippen molar-refractivity contribution in [3.8, 4) is 0 Å². The Morgan fingerprint density at radius 1 is 1.37 bits per heavy atom. The summed E-state index contributed by atoms with van der Waals surface area (Å²) < 4.78 is 28.5. The summed E-state index contributed by atoms with van der Waals surface area (Å²) >= 11 is 6.18. The number of aryl methyl sites for hydroxylation is 1. The fraction of sp³-hybridized carbons (Fsp3) is 0.444. The quantitative estimate of drug-likeness (QED) is 0.760. The minimum absolute atomic E-state index is 0.116. The van der Waals surface area contributed by atoms with Crippen molar-refractivity contribution in [1.82, 2.24) is 14.1 Å². The molecule has 0 saturated heterocycles. The van der Waals surface area contributed by atoms with E-state index in [1.54, 1.807) is 24.7 Å². The number of nitrogens with zero attached hydrogens (tertiary/aromatic N) is 3. The average Bonchev–Trinajstić information content (AvgIpc) is 3.31. The first-order valence-electron chi connectivity index (χ1n) is 8.87. The summed E-state index contributed by atoms with van der Waals surface area (Å²) in [7, 11) is -1.78. The second kappa shape index (κ2) is 7.61. The van der Waals surface area contributed by atoms with E-state index in [2.05, 4.69) is 10.4 Å². The van der Waals surface area contributed by atoms with Crippen LogP contribution in [-0.2, 0) is 21.9 Å². The number of carbonyl (C=O) groups excluding carboxylic acids is 1. The highest BCUT2D eigenvalue weighted by Gasteiger charge is 2.44. The molecule has 2 aromatic rings. The number of halogens is 1. The summed E-state index contributed by atoms with van der Waals surface area (Å²) in [5.41, 5.74) is 1.34. The van der Waals surface area contributed by atoms with E-state index < -0.39 is 10.0 Å². The third kappa shape index (κ3) is 4.02. The van der Waals surface area contributed by atoms with Gasteiger partial charge in [-0.25, -0.2) is 8.42 Å². The predicted molar refractivity (Wildman–Crippen MR) is 104 cm³/mol. The SMILES string of the molecule is CCN(CC)S(=O)(=O)c1ccc(Cl)c(NC(=O)C2CC2c2cnn(C)c2)c1. The Morgan fingerprint density at radius 3 is 2.67 bits per heavy atom. The van der Waals surface area contributed by atoms with Crippen LogP contribution in [0.5, 0.6) is 0 Å². The van der Waals surface area contributed by atoms with Crippen molar-refractivity contribution < 1.29 is 13.2 Å². The predicted octanol–water partition coefficient (Wildman–Crippen LogP) is 2.85. The van der Waals surface area contributed by atoms with Crippen LogP contribution < -0.4 is 5.32 Å². The first-order valence-corrected chi connectivity index (χ1v) is 10.7. The second-order valence-corrected chi connectivity index (χ2v) is 8.96. The summed E-state index contributed by atoms with van der Waals surface area (Å²) in [5.74, 6) is -0.184. The number of sulfonamides is 1. The number of hydrogen-bond acceptors (Lipinski definition) is 4. The van der Waals surface area contributed by atoms with Gasteiger partial charge in [-0.1, -0.05) is 25.4 Å². The van der Waals surface area contributed by atoms with Crippen LogP contribution >= 0.6 is 11.6 Å². The Labute approximate surface area is 164 Å². The van der Waals surface area contributed by atoms with E-state index in [1.165, 1.54) is 22.5 Å². The Morgan fingerprint density at radius 2 is 2.07 bits per heavy atom. The van der Waals surface area contributed by atoms with E-state index in [0.717, 1.165) is 12.0 Å². The monoisotopic (exact) mass is 410 g/mol. The van der Waals surface area contributed by atoms with Gasteiger partial charge >= 0.3 is 0 Å². The number of amides is 1. The van der Waals surface area contributed by atoms with Crippen LogP contribution in [-0.4, -0.2) is 41.5 Å². The number of rotatable bonds is 7. The lowest BCUT2D eigenvalue weighted by Crippen LogP contribution is -2.30. The molecule has 1 heterocycles. The lowest BCUT2D eigenvalue weighted by atomic mass is 10.2. The Bertz CT molecular complexity index is 953. The largest absolute Gasteiger partial charge is 0.324 e. The van der Waals surface area contributed by atoms with Crippen LogP contribution in [0.25, 0.3) is 0 Å². The molecular formula is C18H23ClN4O3S. The zero-order valence-corrected chi connectivity index (χ0v) is 17.1. The number of anilines is 1. The zero-order valence-electron chi connectivity index (χ0n) is 15.5. The molecule has 3 rings (SSSR count). The van der Waals surface area contributed by atoms with E-state index in [4.69, 9.17) is 11.6 Å². The van der Waals surface area contributed by atoms with Gasteiger partial charge in [0.05, 0.1) is 21.8 Å². The molecule has 0 bridgehead atoms. The molecule has 1 fully saturated rings. The van der Waals surface area contributed by atoms with Gasteiger partial charge in [0.1, 0.15) is 0 Å². The van der Waals surface area contributed by atoms with Crippen molar-refractivity contribution in [2.24, 2.45) is 13.0 Å². The minimum atomic E-state index is -3.62. The number of hydrogen-bond donors (Lipinski definition) is 1. The first-order chi connectivity index (χ1) is 12.8. The van der Waals surface area contributed by atoms with Gasteiger partial charge < -0.3 is 5.32 Å². The molecule has 27 heavy (non-hydrogen) atoms. The van der Waals surface area contributed by atoms with E-state index in [9.17, 15) is 13.2 Å². The van der Waals surface area contributed by atoms with Crippen molar-refractivity contribution in [2.75, 3.05) is 18.4 Å². The molecule has 9 heteroatoms. The fourth-order valence-corrected chi connectivity index (χ4v) is 4.83. The van der Waals surface area contributed by atoms with Crippen LogP contribution in [0.15, 0.2) is 35.5 Å². The van der Waals surface area contributed by atoms with Crippen molar-refractivity contribution in [2.45, 2.75) is 31.1 Å². The van der Waals surface area contributed by atoms with Gasteiger partial charge in [-0.2, -0.15) is 9.40 Å². The van der Waals surface area contributed by atoms with E-state index in [0.29, 0.717) is 23.8 Å². The van der Waals surface area contributed by atoms with Gasteiger partial charge in [0.15, 0.2) is 0 Å². The molecule has 146 valence electrons. The minimum Gasteiger partial charge on any atom is -0.324 e. The third-order valence-electron chi connectivity index (χ3n) is 4.82. The van der Waals surface area contributed by atoms with Gasteiger partial charge in [0.2, 0.25) is 15.9 Å². The molecular weight excluding hydrogens is 388 g/mol. The maximum Gasteiger partial charge on any atom is 0.243 e. The Hall–Kier alpha value is -1.90. The number of carbonyl (C=O) groups is 1. The van der Waals surface area contributed by atoms with Gasteiger partial charge in [-0.15, -0.1) is 0 Å². The topological polar surface area (TPSA) is 84.3 Å². The van der Waals surface area contributed by atoms with Gasteiger partial charge in [-0.05, 0) is 36.1 Å². The van der Waals surface area contributed by atoms with Crippen LogP contribution in [0.3, 0.4) is 0 Å². The lowest BCUT2D eigenvalue weighted by molar-refractivity contribution is -0.117. The highest BCUT2D eigenvalue weighted by molar-refractivity contribution is 7.89. The Balaban J connectivity index is 1.77. The molecule has 1 amide bonds. The van der Waals surface area contributed by atoms with E-state index >= 15 is 0 Å². The van der Waals surface area contributed by atoms with Gasteiger partial charge in [0, 0.05) is 32.3 Å². The standard InChI is InChI=1S/C18H23ClN4O3S/c1-4-23(5-2)27(25,26)13-6-7-16(19)17(8-13)21-18(24)15-9-14(15)12-10-20-22(3)11-12/h6-8,10-11,14-15H,4-5,9H2,1-3H3,(H,21,24). The molecule has 1 aromatic carbocycles. The Kier molecular flexibility index (Phi) is 5.60. The first kappa shape index (κ1) is 19.9. The molecule has 1 N–H and O–H groups in total.